The Kier molecular flexibility index (Phi) is 4.64. The van der Waals surface area contributed by atoms with Crippen molar-refractivity contribution in [3.8, 4) is 0 Å². The van der Waals surface area contributed by atoms with Crippen LogP contribution in [0.2, 0.25) is 10.0 Å². The third kappa shape index (κ3) is 3.38. The van der Waals surface area contributed by atoms with Gasteiger partial charge in [0.2, 0.25) is 0 Å². The average molecular weight is 300 g/mol. The number of aliphatic hydroxyl groups is 1. The van der Waals surface area contributed by atoms with Gasteiger partial charge in [0.25, 0.3) is 0 Å². The fourth-order valence-corrected chi connectivity index (χ4v) is 2.49. The van der Waals surface area contributed by atoms with E-state index in [1.54, 1.807) is 30.3 Å². The lowest BCUT2D eigenvalue weighted by Crippen LogP contribution is -2.16. The van der Waals surface area contributed by atoms with Crippen LogP contribution in [0.4, 0.5) is 10.1 Å². The zero-order valence-electron chi connectivity index (χ0n) is 9.91. The average Bonchev–Trinajstić information content (AvgIpc) is 2.37. The van der Waals surface area contributed by atoms with Crippen molar-refractivity contribution in [2.24, 2.45) is 0 Å². The molecule has 0 heterocycles. The summed E-state index contributed by atoms with van der Waals surface area (Å²) < 4.78 is 13.1. The first kappa shape index (κ1) is 14.1. The molecular formula is C14H12Cl2FNO. The van der Waals surface area contributed by atoms with Crippen LogP contribution in [0.5, 0.6) is 0 Å². The summed E-state index contributed by atoms with van der Waals surface area (Å²) in [6.07, 6.45) is 0. The van der Waals surface area contributed by atoms with E-state index in [0.717, 1.165) is 0 Å². The van der Waals surface area contributed by atoms with Crippen molar-refractivity contribution < 1.29 is 9.50 Å². The predicted molar refractivity (Wildman–Crippen MR) is 76.3 cm³/mol. The highest BCUT2D eigenvalue weighted by Crippen LogP contribution is 2.32. The molecular weight excluding hydrogens is 288 g/mol. The first-order valence-corrected chi connectivity index (χ1v) is 6.44. The van der Waals surface area contributed by atoms with Crippen LogP contribution < -0.4 is 5.32 Å². The van der Waals surface area contributed by atoms with Gasteiger partial charge in [-0.2, -0.15) is 0 Å². The number of hydrogen-bond donors (Lipinski definition) is 2. The van der Waals surface area contributed by atoms with E-state index in [2.05, 4.69) is 5.32 Å². The normalized spacial score (nSPS) is 12.2. The van der Waals surface area contributed by atoms with Crippen LogP contribution in [0.3, 0.4) is 0 Å². The number of anilines is 1. The SMILES string of the molecule is OCC(Nc1cccc(F)c1)c1c(Cl)cccc1Cl. The monoisotopic (exact) mass is 299 g/mol. The van der Waals surface area contributed by atoms with Crippen molar-refractivity contribution in [2.75, 3.05) is 11.9 Å². The van der Waals surface area contributed by atoms with E-state index in [4.69, 9.17) is 23.2 Å². The summed E-state index contributed by atoms with van der Waals surface area (Å²) in [6, 6.07) is 10.6. The van der Waals surface area contributed by atoms with E-state index in [1.807, 2.05) is 0 Å². The second kappa shape index (κ2) is 6.24. The predicted octanol–water partition coefficient (Wildman–Crippen LogP) is 4.28. The van der Waals surface area contributed by atoms with Gasteiger partial charge < -0.3 is 10.4 Å². The van der Waals surface area contributed by atoms with Crippen LogP contribution in [-0.2, 0) is 0 Å². The molecule has 0 aliphatic rings. The van der Waals surface area contributed by atoms with E-state index in [-0.39, 0.29) is 12.4 Å². The molecule has 1 unspecified atom stereocenters. The number of nitrogens with one attached hydrogen (secondary N) is 1. The van der Waals surface area contributed by atoms with Crippen LogP contribution in [0.25, 0.3) is 0 Å². The number of rotatable bonds is 4. The second-order valence-electron chi connectivity index (χ2n) is 4.03. The lowest BCUT2D eigenvalue weighted by Gasteiger charge is -2.20. The van der Waals surface area contributed by atoms with Gasteiger partial charge in [0.05, 0.1) is 12.6 Å². The molecule has 0 aromatic heterocycles. The molecule has 0 spiro atoms. The van der Waals surface area contributed by atoms with Gasteiger partial charge in [-0.15, -0.1) is 0 Å². The third-order valence-electron chi connectivity index (χ3n) is 2.70. The van der Waals surface area contributed by atoms with Crippen molar-refractivity contribution in [2.45, 2.75) is 6.04 Å². The fourth-order valence-electron chi connectivity index (χ4n) is 1.83. The Labute approximate surface area is 120 Å². The molecule has 0 fully saturated rings. The maximum Gasteiger partial charge on any atom is 0.125 e. The topological polar surface area (TPSA) is 32.3 Å². The van der Waals surface area contributed by atoms with Gasteiger partial charge in [-0.3, -0.25) is 0 Å². The molecule has 5 heteroatoms. The number of aliphatic hydroxyl groups excluding tert-OH is 1. The summed E-state index contributed by atoms with van der Waals surface area (Å²) in [7, 11) is 0. The molecule has 0 aliphatic heterocycles. The molecule has 2 aromatic carbocycles. The van der Waals surface area contributed by atoms with Crippen LogP contribution >= 0.6 is 23.2 Å². The Bertz CT molecular complexity index is 557. The lowest BCUT2D eigenvalue weighted by molar-refractivity contribution is 0.276. The largest absolute Gasteiger partial charge is 0.394 e. The van der Waals surface area contributed by atoms with E-state index in [9.17, 15) is 9.50 Å². The lowest BCUT2D eigenvalue weighted by atomic mass is 10.1. The van der Waals surface area contributed by atoms with Gasteiger partial charge in [0, 0.05) is 21.3 Å². The Morgan fingerprint density at radius 3 is 2.32 bits per heavy atom. The molecule has 2 aromatic rings. The Morgan fingerprint density at radius 2 is 1.74 bits per heavy atom. The molecule has 0 amide bonds. The van der Waals surface area contributed by atoms with Crippen molar-refractivity contribution in [3.05, 3.63) is 63.9 Å². The minimum atomic E-state index is -0.497. The van der Waals surface area contributed by atoms with Crippen LogP contribution in [-0.4, -0.2) is 11.7 Å². The van der Waals surface area contributed by atoms with Gasteiger partial charge in [0.15, 0.2) is 0 Å². The van der Waals surface area contributed by atoms with Crippen molar-refractivity contribution in [1.29, 1.82) is 0 Å². The summed E-state index contributed by atoms with van der Waals surface area (Å²) in [5, 5.41) is 13.4. The Hall–Kier alpha value is -1.29. The quantitative estimate of drug-likeness (QED) is 0.883. The summed E-state index contributed by atoms with van der Waals surface area (Å²) in [5.74, 6) is -0.355. The number of benzene rings is 2. The standard InChI is InChI=1S/C14H12Cl2FNO/c15-11-5-2-6-12(16)14(11)13(8-19)18-10-4-1-3-9(17)7-10/h1-7,13,18-19H,8H2. The minimum Gasteiger partial charge on any atom is -0.394 e. The molecule has 0 bridgehead atoms. The van der Waals surface area contributed by atoms with E-state index < -0.39 is 6.04 Å². The Balaban J connectivity index is 2.30. The molecule has 2 rings (SSSR count). The molecule has 100 valence electrons. The summed E-state index contributed by atoms with van der Waals surface area (Å²) in [5.41, 5.74) is 1.15. The van der Waals surface area contributed by atoms with Crippen molar-refractivity contribution in [1.82, 2.24) is 0 Å². The molecule has 0 saturated carbocycles. The molecule has 1 atom stereocenters. The second-order valence-corrected chi connectivity index (χ2v) is 4.84. The molecule has 0 saturated heterocycles. The fraction of sp³-hybridized carbons (Fsp3) is 0.143. The maximum atomic E-state index is 13.1. The maximum absolute atomic E-state index is 13.1. The van der Waals surface area contributed by atoms with Gasteiger partial charge in [0.1, 0.15) is 5.82 Å². The first-order valence-electron chi connectivity index (χ1n) is 5.68. The van der Waals surface area contributed by atoms with Crippen molar-refractivity contribution in [3.63, 3.8) is 0 Å². The van der Waals surface area contributed by atoms with E-state index in [0.29, 0.717) is 21.3 Å². The molecule has 2 nitrogen and oxygen atoms in total. The molecule has 0 aliphatic carbocycles. The summed E-state index contributed by atoms with van der Waals surface area (Å²) in [6.45, 7) is -0.208. The zero-order valence-corrected chi connectivity index (χ0v) is 11.4. The van der Waals surface area contributed by atoms with Gasteiger partial charge in [-0.05, 0) is 30.3 Å². The number of halogens is 3. The summed E-state index contributed by atoms with van der Waals surface area (Å²) >= 11 is 12.2. The Morgan fingerprint density at radius 1 is 1.11 bits per heavy atom. The van der Waals surface area contributed by atoms with E-state index >= 15 is 0 Å². The van der Waals surface area contributed by atoms with Crippen LogP contribution in [0.1, 0.15) is 11.6 Å². The van der Waals surface area contributed by atoms with E-state index in [1.165, 1.54) is 12.1 Å². The zero-order chi connectivity index (χ0) is 13.8. The van der Waals surface area contributed by atoms with Crippen LogP contribution in [0, 0.1) is 5.82 Å². The number of hydrogen-bond acceptors (Lipinski definition) is 2. The molecule has 0 radical (unpaired) electrons. The highest BCUT2D eigenvalue weighted by Gasteiger charge is 2.17. The highest BCUT2D eigenvalue weighted by molar-refractivity contribution is 6.36. The van der Waals surface area contributed by atoms with Gasteiger partial charge in [-0.1, -0.05) is 35.3 Å². The minimum absolute atomic E-state index is 0.208. The third-order valence-corrected chi connectivity index (χ3v) is 3.36. The first-order chi connectivity index (χ1) is 9.11. The van der Waals surface area contributed by atoms with Crippen molar-refractivity contribution >= 4 is 28.9 Å². The van der Waals surface area contributed by atoms with Crippen LogP contribution in [0.15, 0.2) is 42.5 Å². The molecule has 2 N–H and O–H groups in total. The van der Waals surface area contributed by atoms with Gasteiger partial charge >= 0.3 is 0 Å². The highest BCUT2D eigenvalue weighted by atomic mass is 35.5. The smallest absolute Gasteiger partial charge is 0.125 e. The summed E-state index contributed by atoms with van der Waals surface area (Å²) in [4.78, 5) is 0. The van der Waals surface area contributed by atoms with Gasteiger partial charge in [-0.25, -0.2) is 4.39 Å². The molecule has 19 heavy (non-hydrogen) atoms.